The molecule has 1 aliphatic heterocycles. The van der Waals surface area contributed by atoms with Gasteiger partial charge in [0, 0.05) is 6.54 Å². The molecule has 0 amide bonds. The largest absolute Gasteiger partial charge is 0.394 e. The Kier molecular flexibility index (Phi) is 7.31. The maximum atomic E-state index is 14.4. The molecule has 0 saturated carbocycles. The normalized spacial score (nSPS) is 22.0. The number of fused-ring (bicyclic) bond motifs is 1. The summed E-state index contributed by atoms with van der Waals surface area (Å²) < 4.78 is 21.3. The lowest BCUT2D eigenvalue weighted by atomic mass is 10.1. The van der Waals surface area contributed by atoms with Gasteiger partial charge in [0.1, 0.15) is 26.4 Å². The molecule has 4 atom stereocenters. The minimum Gasteiger partial charge on any atom is -0.394 e. The summed E-state index contributed by atoms with van der Waals surface area (Å²) in [6, 6.07) is 22.1. The van der Waals surface area contributed by atoms with Crippen LogP contribution in [0.5, 0.6) is 0 Å². The first-order chi connectivity index (χ1) is 17.9. The highest BCUT2D eigenvalue weighted by Crippen LogP contribution is 2.32. The summed E-state index contributed by atoms with van der Waals surface area (Å²) in [4.78, 5) is 12.1. The van der Waals surface area contributed by atoms with Crippen LogP contribution >= 0.6 is 0 Å². The highest BCUT2D eigenvalue weighted by Gasteiger charge is 2.44. The highest BCUT2D eigenvalue weighted by molar-refractivity contribution is 7.01. The summed E-state index contributed by atoms with van der Waals surface area (Å²) in [6.45, 7) is 2.45. The predicted octanol–water partition coefficient (Wildman–Crippen LogP) is 1.27. The lowest BCUT2D eigenvalue weighted by molar-refractivity contribution is -0.0511. The number of ether oxygens (including phenoxy) is 1. The number of benzene rings is 2. The molecule has 1 fully saturated rings. The number of hydrogen-bond acceptors (Lipinski definition) is 8. The average Bonchev–Trinajstić information content (AvgIpc) is 3.47. The van der Waals surface area contributed by atoms with Gasteiger partial charge < -0.3 is 25.4 Å². The number of halogens is 1. The summed E-state index contributed by atoms with van der Waals surface area (Å²) in [6.07, 6.45) is -3.41. The molecule has 1 aliphatic rings. The molecular formula is C26H30FN5O4Si. The molecule has 0 spiro atoms. The molecule has 0 unspecified atom stereocenters. The first kappa shape index (κ1) is 25.4. The second kappa shape index (κ2) is 10.6. The van der Waals surface area contributed by atoms with Crippen molar-refractivity contribution >= 4 is 35.4 Å². The van der Waals surface area contributed by atoms with Crippen molar-refractivity contribution in [3.8, 4) is 0 Å². The molecule has 5 rings (SSSR count). The van der Waals surface area contributed by atoms with E-state index in [0.717, 1.165) is 12.5 Å². The van der Waals surface area contributed by atoms with E-state index >= 15 is 0 Å². The summed E-state index contributed by atoms with van der Waals surface area (Å²) in [7, 11) is -2.00. The van der Waals surface area contributed by atoms with Crippen LogP contribution in [0.4, 0.5) is 10.2 Å². The van der Waals surface area contributed by atoms with E-state index in [1.54, 1.807) is 0 Å². The van der Waals surface area contributed by atoms with Crippen molar-refractivity contribution in [2.45, 2.75) is 43.6 Å². The van der Waals surface area contributed by atoms with Crippen LogP contribution in [0.1, 0.15) is 12.6 Å². The number of anilines is 1. The second-order valence-corrected chi connectivity index (χ2v) is 13.8. The van der Waals surface area contributed by atoms with Crippen molar-refractivity contribution in [1.82, 2.24) is 19.5 Å². The molecule has 37 heavy (non-hydrogen) atoms. The van der Waals surface area contributed by atoms with Gasteiger partial charge in [0.2, 0.25) is 0 Å². The fraction of sp³-hybridized carbons (Fsp3) is 0.346. The zero-order valence-electron chi connectivity index (χ0n) is 20.4. The van der Waals surface area contributed by atoms with Crippen molar-refractivity contribution in [3.63, 3.8) is 0 Å². The SMILES string of the molecule is C[Si](CCCNc1nc(F)nc2c1ncn2[C@@H]1O[C@H](CO)[C@@H](O)[C@H]1O)(c1ccccc1)c1ccccc1. The number of aliphatic hydroxyl groups is 3. The quantitative estimate of drug-likeness (QED) is 0.147. The molecule has 4 aromatic rings. The van der Waals surface area contributed by atoms with Crippen LogP contribution in [-0.2, 0) is 4.74 Å². The summed E-state index contributed by atoms with van der Waals surface area (Å²) >= 11 is 0. The number of imidazole rings is 1. The Labute approximate surface area is 214 Å². The van der Waals surface area contributed by atoms with Crippen molar-refractivity contribution in [2.24, 2.45) is 0 Å². The molecular weight excluding hydrogens is 493 g/mol. The van der Waals surface area contributed by atoms with E-state index in [0.29, 0.717) is 12.1 Å². The molecule has 9 nitrogen and oxygen atoms in total. The van der Waals surface area contributed by atoms with E-state index in [1.165, 1.54) is 21.3 Å². The van der Waals surface area contributed by atoms with E-state index in [9.17, 15) is 19.7 Å². The lowest BCUT2D eigenvalue weighted by Gasteiger charge is -2.29. The Morgan fingerprint density at radius 1 is 1.00 bits per heavy atom. The number of hydrogen-bond donors (Lipinski definition) is 4. The summed E-state index contributed by atoms with van der Waals surface area (Å²) in [5.74, 6) is 0.246. The molecule has 2 aromatic carbocycles. The van der Waals surface area contributed by atoms with Gasteiger partial charge in [0.25, 0.3) is 0 Å². The van der Waals surface area contributed by atoms with E-state index < -0.39 is 45.3 Å². The maximum Gasteiger partial charge on any atom is 0.312 e. The van der Waals surface area contributed by atoms with E-state index in [-0.39, 0.29) is 11.5 Å². The molecule has 11 heteroatoms. The standard InChI is InChI=1S/C26H30FN5O4Si/c1-37(17-9-4-2-5-10-17,18-11-6-3-7-12-18)14-8-13-28-23-20-24(31-26(27)30-23)32(16-29-20)25-22(35)21(34)19(15-33)36-25/h2-7,9-12,16,19,21-22,25,33-35H,8,13-15H2,1H3,(H,28,30,31)/t19-,21-,22-,25-/m1/s1. The third kappa shape index (κ3) is 4.88. The fourth-order valence-electron chi connectivity index (χ4n) is 5.03. The molecule has 0 radical (unpaired) electrons. The first-order valence-corrected chi connectivity index (χ1v) is 15.0. The van der Waals surface area contributed by atoms with Gasteiger partial charge in [0.05, 0.1) is 12.9 Å². The predicted molar refractivity (Wildman–Crippen MR) is 140 cm³/mol. The number of nitrogens with zero attached hydrogens (tertiary/aromatic N) is 4. The number of nitrogens with one attached hydrogen (secondary N) is 1. The third-order valence-corrected chi connectivity index (χ3v) is 11.7. The second-order valence-electron chi connectivity index (χ2n) is 9.49. The minimum absolute atomic E-state index is 0.123. The Hall–Kier alpha value is -3.22. The molecule has 1 saturated heterocycles. The zero-order valence-corrected chi connectivity index (χ0v) is 21.4. The highest BCUT2D eigenvalue weighted by atomic mass is 28.3. The molecule has 4 N–H and O–H groups in total. The monoisotopic (exact) mass is 523 g/mol. The van der Waals surface area contributed by atoms with Crippen LogP contribution in [0.15, 0.2) is 67.0 Å². The Morgan fingerprint density at radius 2 is 1.65 bits per heavy atom. The zero-order chi connectivity index (χ0) is 26.0. The van der Waals surface area contributed by atoms with Gasteiger partial charge in [0.15, 0.2) is 23.2 Å². The maximum absolute atomic E-state index is 14.4. The van der Waals surface area contributed by atoms with Crippen LogP contribution in [-0.4, -0.2) is 74.4 Å². The summed E-state index contributed by atoms with van der Waals surface area (Å²) in [5, 5.41) is 35.8. The van der Waals surface area contributed by atoms with E-state index in [2.05, 4.69) is 75.3 Å². The van der Waals surface area contributed by atoms with Gasteiger partial charge in [-0.1, -0.05) is 77.6 Å². The Morgan fingerprint density at radius 3 is 2.24 bits per heavy atom. The van der Waals surface area contributed by atoms with Crippen LogP contribution in [0, 0.1) is 6.08 Å². The van der Waals surface area contributed by atoms with Crippen molar-refractivity contribution in [1.29, 1.82) is 0 Å². The first-order valence-electron chi connectivity index (χ1n) is 12.3. The van der Waals surface area contributed by atoms with Gasteiger partial charge in [-0.05, 0) is 12.5 Å². The number of aromatic nitrogens is 4. The van der Waals surface area contributed by atoms with Crippen LogP contribution in [0.2, 0.25) is 12.6 Å². The lowest BCUT2D eigenvalue weighted by Crippen LogP contribution is -2.55. The topological polar surface area (TPSA) is 126 Å². The van der Waals surface area contributed by atoms with Crippen molar-refractivity contribution in [2.75, 3.05) is 18.5 Å². The van der Waals surface area contributed by atoms with Gasteiger partial charge in [-0.2, -0.15) is 14.4 Å². The van der Waals surface area contributed by atoms with Crippen molar-refractivity contribution in [3.05, 3.63) is 73.1 Å². The fourth-order valence-corrected chi connectivity index (χ4v) is 8.68. The van der Waals surface area contributed by atoms with Crippen LogP contribution in [0.3, 0.4) is 0 Å². The van der Waals surface area contributed by atoms with E-state index in [4.69, 9.17) is 4.74 Å². The average molecular weight is 524 g/mol. The van der Waals surface area contributed by atoms with Gasteiger partial charge in [-0.15, -0.1) is 0 Å². The van der Waals surface area contributed by atoms with Gasteiger partial charge in [-0.3, -0.25) is 4.57 Å². The minimum atomic E-state index is -2.00. The molecule has 0 bridgehead atoms. The number of rotatable bonds is 9. The number of aliphatic hydroxyl groups excluding tert-OH is 3. The van der Waals surface area contributed by atoms with Gasteiger partial charge >= 0.3 is 6.08 Å². The van der Waals surface area contributed by atoms with Crippen molar-refractivity contribution < 1.29 is 24.4 Å². The van der Waals surface area contributed by atoms with E-state index in [1.807, 2.05) is 12.1 Å². The molecule has 2 aromatic heterocycles. The molecule has 194 valence electrons. The Balaban J connectivity index is 1.34. The molecule has 3 heterocycles. The molecule has 0 aliphatic carbocycles. The summed E-state index contributed by atoms with van der Waals surface area (Å²) in [5.41, 5.74) is 0.447. The van der Waals surface area contributed by atoms with Crippen LogP contribution < -0.4 is 15.7 Å². The van der Waals surface area contributed by atoms with Gasteiger partial charge in [-0.25, -0.2) is 4.98 Å². The van der Waals surface area contributed by atoms with Crippen LogP contribution in [0.25, 0.3) is 11.2 Å². The smallest absolute Gasteiger partial charge is 0.312 e. The third-order valence-electron chi connectivity index (χ3n) is 7.15. The Bertz CT molecular complexity index is 1300.